The smallest absolute Gasteiger partial charge is 0.416 e. The van der Waals surface area contributed by atoms with Crippen LogP contribution in [-0.4, -0.2) is 20.6 Å². The molecule has 4 nitrogen and oxygen atoms in total. The molecule has 0 fully saturated rings. The number of hydrogen-bond donors (Lipinski definition) is 1. The summed E-state index contributed by atoms with van der Waals surface area (Å²) in [5.41, 5.74) is -0.426. The molecule has 1 N–H and O–H groups in total. The zero-order valence-corrected chi connectivity index (χ0v) is 13.9. The maximum Gasteiger partial charge on any atom is 0.416 e. The SMILES string of the molecule is O=C(O)c1cnc(CCc2ccccc2C(F)(F)F)n1-c1ccc(F)cc1. The number of carbonyl (C=O) groups is 1. The first kappa shape index (κ1) is 18.6. The minimum absolute atomic E-state index is 0.0208. The molecule has 0 saturated carbocycles. The van der Waals surface area contributed by atoms with Crippen LogP contribution in [0.1, 0.15) is 27.4 Å². The van der Waals surface area contributed by atoms with Crippen molar-refractivity contribution < 1.29 is 27.5 Å². The van der Waals surface area contributed by atoms with Gasteiger partial charge in [0, 0.05) is 12.1 Å². The second-order valence-electron chi connectivity index (χ2n) is 5.83. The number of aryl methyl sites for hydroxylation is 2. The Bertz CT molecular complexity index is 963. The number of carboxylic acids is 1. The van der Waals surface area contributed by atoms with E-state index in [2.05, 4.69) is 4.98 Å². The number of halogens is 4. The van der Waals surface area contributed by atoms with Crippen molar-refractivity contribution in [1.82, 2.24) is 9.55 Å². The van der Waals surface area contributed by atoms with Crippen LogP contribution in [0.3, 0.4) is 0 Å². The quantitative estimate of drug-likeness (QED) is 0.665. The van der Waals surface area contributed by atoms with Crippen molar-refractivity contribution in [3.8, 4) is 5.69 Å². The number of carboxylic acid groups (broad SMARTS) is 1. The second kappa shape index (κ2) is 7.22. The zero-order valence-electron chi connectivity index (χ0n) is 13.9. The van der Waals surface area contributed by atoms with Gasteiger partial charge in [0.25, 0.3) is 0 Å². The third kappa shape index (κ3) is 3.99. The molecule has 0 atom stereocenters. The fraction of sp³-hybridized carbons (Fsp3) is 0.158. The number of aromatic carboxylic acids is 1. The van der Waals surface area contributed by atoms with Gasteiger partial charge in [-0.15, -0.1) is 0 Å². The van der Waals surface area contributed by atoms with E-state index >= 15 is 0 Å². The summed E-state index contributed by atoms with van der Waals surface area (Å²) in [5, 5.41) is 9.35. The summed E-state index contributed by atoms with van der Waals surface area (Å²) in [5.74, 6) is -1.46. The predicted octanol–water partition coefficient (Wildman–Crippen LogP) is 4.51. The maximum absolute atomic E-state index is 13.2. The van der Waals surface area contributed by atoms with Crippen LogP contribution >= 0.6 is 0 Å². The number of benzene rings is 2. The largest absolute Gasteiger partial charge is 0.477 e. The normalized spacial score (nSPS) is 11.6. The summed E-state index contributed by atoms with van der Waals surface area (Å²) in [6.45, 7) is 0. The molecular formula is C19H14F4N2O2. The van der Waals surface area contributed by atoms with Crippen LogP contribution < -0.4 is 0 Å². The number of hydrogen-bond acceptors (Lipinski definition) is 2. The molecule has 0 saturated heterocycles. The van der Waals surface area contributed by atoms with E-state index in [0.29, 0.717) is 5.69 Å². The summed E-state index contributed by atoms with van der Waals surface area (Å²) in [7, 11) is 0. The molecule has 0 aliphatic heterocycles. The third-order valence-electron chi connectivity index (χ3n) is 4.08. The van der Waals surface area contributed by atoms with Crippen LogP contribution in [0.2, 0.25) is 0 Å². The Balaban J connectivity index is 1.95. The van der Waals surface area contributed by atoms with E-state index in [0.717, 1.165) is 12.3 Å². The molecule has 0 aliphatic carbocycles. The van der Waals surface area contributed by atoms with E-state index in [4.69, 9.17) is 0 Å². The van der Waals surface area contributed by atoms with E-state index < -0.39 is 23.5 Å². The lowest BCUT2D eigenvalue weighted by molar-refractivity contribution is -0.138. The Labute approximate surface area is 151 Å². The first-order valence-electron chi connectivity index (χ1n) is 7.98. The van der Waals surface area contributed by atoms with Gasteiger partial charge in [-0.2, -0.15) is 13.2 Å². The molecule has 0 amide bonds. The zero-order chi connectivity index (χ0) is 19.6. The van der Waals surface area contributed by atoms with Crippen LogP contribution in [-0.2, 0) is 19.0 Å². The maximum atomic E-state index is 13.2. The molecule has 0 radical (unpaired) electrons. The van der Waals surface area contributed by atoms with Crippen molar-refractivity contribution in [2.45, 2.75) is 19.0 Å². The highest BCUT2D eigenvalue weighted by Crippen LogP contribution is 2.32. The van der Waals surface area contributed by atoms with Gasteiger partial charge in [0.05, 0.1) is 11.8 Å². The third-order valence-corrected chi connectivity index (χ3v) is 4.08. The van der Waals surface area contributed by atoms with Crippen LogP contribution in [0.5, 0.6) is 0 Å². The number of imidazole rings is 1. The minimum Gasteiger partial charge on any atom is -0.477 e. The fourth-order valence-electron chi connectivity index (χ4n) is 2.86. The standard InChI is InChI=1S/C19H14F4N2O2/c20-13-6-8-14(9-7-13)25-16(18(26)27)11-24-17(25)10-5-12-3-1-2-4-15(12)19(21,22)23/h1-4,6-9,11H,5,10H2,(H,26,27). The van der Waals surface area contributed by atoms with Gasteiger partial charge in [-0.1, -0.05) is 18.2 Å². The lowest BCUT2D eigenvalue weighted by Crippen LogP contribution is -2.12. The van der Waals surface area contributed by atoms with Crippen LogP contribution in [0.4, 0.5) is 17.6 Å². The van der Waals surface area contributed by atoms with E-state index in [1.54, 1.807) is 0 Å². The Hall–Kier alpha value is -3.16. The van der Waals surface area contributed by atoms with Crippen molar-refractivity contribution in [1.29, 1.82) is 0 Å². The van der Waals surface area contributed by atoms with Crippen LogP contribution in [0.25, 0.3) is 5.69 Å². The topological polar surface area (TPSA) is 55.1 Å². The van der Waals surface area contributed by atoms with Crippen molar-refractivity contribution in [3.63, 3.8) is 0 Å². The van der Waals surface area contributed by atoms with E-state index in [9.17, 15) is 27.5 Å². The lowest BCUT2D eigenvalue weighted by Gasteiger charge is -2.13. The number of alkyl halides is 3. The first-order valence-corrected chi connectivity index (χ1v) is 7.98. The Morgan fingerprint density at radius 2 is 1.70 bits per heavy atom. The second-order valence-corrected chi connectivity index (χ2v) is 5.83. The lowest BCUT2D eigenvalue weighted by atomic mass is 10.0. The molecule has 140 valence electrons. The molecule has 27 heavy (non-hydrogen) atoms. The van der Waals surface area contributed by atoms with Gasteiger partial charge in [0.1, 0.15) is 11.6 Å². The highest BCUT2D eigenvalue weighted by molar-refractivity contribution is 5.86. The Kier molecular flexibility index (Phi) is 4.98. The predicted molar refractivity (Wildman–Crippen MR) is 89.3 cm³/mol. The average molecular weight is 378 g/mol. The molecule has 0 spiro atoms. The number of rotatable bonds is 5. The highest BCUT2D eigenvalue weighted by Gasteiger charge is 2.32. The number of aromatic nitrogens is 2. The van der Waals surface area contributed by atoms with Crippen molar-refractivity contribution in [2.75, 3.05) is 0 Å². The van der Waals surface area contributed by atoms with Gasteiger partial charge in [-0.3, -0.25) is 4.57 Å². The summed E-state index contributed by atoms with van der Waals surface area (Å²) >= 11 is 0. The molecule has 3 rings (SSSR count). The Morgan fingerprint density at radius 3 is 2.33 bits per heavy atom. The van der Waals surface area contributed by atoms with Crippen molar-refractivity contribution in [2.24, 2.45) is 0 Å². The van der Waals surface area contributed by atoms with Crippen LogP contribution in [0, 0.1) is 5.82 Å². The van der Waals surface area contributed by atoms with E-state index in [1.165, 1.54) is 47.0 Å². The number of nitrogens with zero attached hydrogens (tertiary/aromatic N) is 2. The molecule has 0 bridgehead atoms. The van der Waals surface area contributed by atoms with Gasteiger partial charge in [-0.25, -0.2) is 14.2 Å². The molecule has 0 unspecified atom stereocenters. The fourth-order valence-corrected chi connectivity index (χ4v) is 2.86. The highest BCUT2D eigenvalue weighted by atomic mass is 19.4. The van der Waals surface area contributed by atoms with E-state index in [-0.39, 0.29) is 29.9 Å². The van der Waals surface area contributed by atoms with Crippen molar-refractivity contribution >= 4 is 5.97 Å². The summed E-state index contributed by atoms with van der Waals surface area (Å²) < 4.78 is 53.9. The van der Waals surface area contributed by atoms with Gasteiger partial charge >= 0.3 is 12.1 Å². The monoisotopic (exact) mass is 378 g/mol. The Morgan fingerprint density at radius 1 is 1.04 bits per heavy atom. The molecule has 1 heterocycles. The molecular weight excluding hydrogens is 364 g/mol. The summed E-state index contributed by atoms with van der Waals surface area (Å²) in [6.07, 6.45) is -3.24. The molecule has 3 aromatic rings. The van der Waals surface area contributed by atoms with E-state index in [1.807, 2.05) is 0 Å². The summed E-state index contributed by atoms with van der Waals surface area (Å²) in [6, 6.07) is 10.3. The first-order chi connectivity index (χ1) is 12.8. The van der Waals surface area contributed by atoms with Crippen molar-refractivity contribution in [3.05, 3.63) is 83.2 Å². The van der Waals surface area contributed by atoms with Crippen LogP contribution in [0.15, 0.2) is 54.7 Å². The molecule has 8 heteroatoms. The molecule has 0 aliphatic rings. The molecule has 2 aromatic carbocycles. The molecule has 1 aromatic heterocycles. The van der Waals surface area contributed by atoms with Gasteiger partial charge in [0.15, 0.2) is 5.69 Å². The van der Waals surface area contributed by atoms with Gasteiger partial charge in [0.2, 0.25) is 0 Å². The van der Waals surface area contributed by atoms with Gasteiger partial charge in [-0.05, 0) is 42.3 Å². The minimum atomic E-state index is -4.48. The average Bonchev–Trinajstić information content (AvgIpc) is 3.04. The van der Waals surface area contributed by atoms with Gasteiger partial charge < -0.3 is 5.11 Å². The summed E-state index contributed by atoms with van der Waals surface area (Å²) in [4.78, 5) is 15.5.